The van der Waals surface area contributed by atoms with Crippen LogP contribution in [-0.2, 0) is 0 Å². The van der Waals surface area contributed by atoms with E-state index in [1.165, 1.54) is 0 Å². The molecule has 0 aliphatic heterocycles. The van der Waals surface area contributed by atoms with Crippen LogP contribution in [0.5, 0.6) is 11.5 Å². The molecule has 1 atom stereocenters. The first kappa shape index (κ1) is 17.4. The van der Waals surface area contributed by atoms with Gasteiger partial charge in [-0.3, -0.25) is 0 Å². The fraction of sp³-hybridized carbons (Fsp3) is 0.538. The van der Waals surface area contributed by atoms with E-state index in [0.29, 0.717) is 13.2 Å². The second-order valence-corrected chi connectivity index (χ2v) is 4.20. The summed E-state index contributed by atoms with van der Waals surface area (Å²) >= 11 is 4.14. The van der Waals surface area contributed by atoms with Gasteiger partial charge < -0.3 is 15.2 Å². The molecule has 0 amide bonds. The maximum atomic E-state index is 5.76. The SMILES string of the molecule is CCOc1ccc(OCCC[C@@H](N)CS)cc1.Cl. The Hall–Kier alpha value is -0.580. The van der Waals surface area contributed by atoms with Gasteiger partial charge in [-0.2, -0.15) is 12.6 Å². The molecule has 0 saturated carbocycles. The Labute approximate surface area is 121 Å². The smallest absolute Gasteiger partial charge is 0.119 e. The number of hydrogen-bond donors (Lipinski definition) is 2. The lowest BCUT2D eigenvalue weighted by Gasteiger charge is -2.10. The van der Waals surface area contributed by atoms with Crippen LogP contribution in [0.25, 0.3) is 0 Å². The summed E-state index contributed by atoms with van der Waals surface area (Å²) in [7, 11) is 0. The molecular weight excluding hydrogens is 270 g/mol. The van der Waals surface area contributed by atoms with E-state index >= 15 is 0 Å². The highest BCUT2D eigenvalue weighted by atomic mass is 35.5. The average Bonchev–Trinajstić information content (AvgIpc) is 2.36. The molecule has 0 heterocycles. The van der Waals surface area contributed by atoms with E-state index in [2.05, 4.69) is 12.6 Å². The molecular formula is C13H22ClNO2S. The van der Waals surface area contributed by atoms with Gasteiger partial charge >= 0.3 is 0 Å². The van der Waals surface area contributed by atoms with Crippen molar-refractivity contribution in [2.45, 2.75) is 25.8 Å². The van der Waals surface area contributed by atoms with Crippen LogP contribution >= 0.6 is 25.0 Å². The van der Waals surface area contributed by atoms with Gasteiger partial charge in [0.25, 0.3) is 0 Å². The van der Waals surface area contributed by atoms with E-state index < -0.39 is 0 Å². The molecule has 1 aromatic carbocycles. The van der Waals surface area contributed by atoms with E-state index in [0.717, 1.165) is 30.1 Å². The van der Waals surface area contributed by atoms with Gasteiger partial charge in [-0.1, -0.05) is 0 Å². The third-order valence-corrected chi connectivity index (χ3v) is 2.83. The van der Waals surface area contributed by atoms with Gasteiger partial charge in [-0.25, -0.2) is 0 Å². The largest absolute Gasteiger partial charge is 0.494 e. The number of rotatable bonds is 8. The molecule has 0 spiro atoms. The summed E-state index contributed by atoms with van der Waals surface area (Å²) in [5.41, 5.74) is 5.76. The highest BCUT2D eigenvalue weighted by Crippen LogP contribution is 2.17. The standard InChI is InChI=1S/C13H21NO2S.ClH/c1-2-15-12-5-7-13(8-6-12)16-9-3-4-11(14)10-17;/h5-8,11,17H,2-4,9-10,14H2,1H3;1H/t11-;/m1./s1. The van der Waals surface area contributed by atoms with E-state index in [1.54, 1.807) is 0 Å². The molecule has 18 heavy (non-hydrogen) atoms. The molecule has 3 nitrogen and oxygen atoms in total. The molecule has 0 radical (unpaired) electrons. The van der Waals surface area contributed by atoms with Gasteiger partial charge in [0.05, 0.1) is 13.2 Å². The number of thiol groups is 1. The monoisotopic (exact) mass is 291 g/mol. The minimum atomic E-state index is 0. The Bertz CT molecular complexity index is 308. The molecule has 0 saturated heterocycles. The molecule has 0 aliphatic carbocycles. The van der Waals surface area contributed by atoms with Crippen molar-refractivity contribution in [1.82, 2.24) is 0 Å². The summed E-state index contributed by atoms with van der Waals surface area (Å²) in [6.07, 6.45) is 1.90. The van der Waals surface area contributed by atoms with E-state index in [1.807, 2.05) is 31.2 Å². The zero-order chi connectivity index (χ0) is 12.5. The molecule has 2 N–H and O–H groups in total. The first-order chi connectivity index (χ1) is 8.26. The summed E-state index contributed by atoms with van der Waals surface area (Å²) in [5, 5.41) is 0. The van der Waals surface area contributed by atoms with Gasteiger partial charge in [-0.15, -0.1) is 12.4 Å². The summed E-state index contributed by atoms with van der Waals surface area (Å²) in [4.78, 5) is 0. The van der Waals surface area contributed by atoms with Crippen LogP contribution < -0.4 is 15.2 Å². The predicted molar refractivity (Wildman–Crippen MR) is 81.4 cm³/mol. The van der Waals surface area contributed by atoms with Gasteiger partial charge in [0, 0.05) is 11.8 Å². The topological polar surface area (TPSA) is 44.5 Å². The zero-order valence-corrected chi connectivity index (χ0v) is 12.4. The Morgan fingerprint density at radius 3 is 2.22 bits per heavy atom. The number of nitrogens with two attached hydrogens (primary N) is 1. The van der Waals surface area contributed by atoms with E-state index in [-0.39, 0.29) is 18.4 Å². The number of ether oxygens (including phenoxy) is 2. The van der Waals surface area contributed by atoms with Crippen LogP contribution in [0.2, 0.25) is 0 Å². The van der Waals surface area contributed by atoms with Crippen LogP contribution in [0.3, 0.4) is 0 Å². The van der Waals surface area contributed by atoms with Crippen molar-refractivity contribution in [2.75, 3.05) is 19.0 Å². The Kier molecular flexibility index (Phi) is 10.0. The number of hydrogen-bond acceptors (Lipinski definition) is 4. The predicted octanol–water partition coefficient (Wildman–Crippen LogP) is 2.92. The maximum Gasteiger partial charge on any atom is 0.119 e. The third kappa shape index (κ3) is 6.99. The normalized spacial score (nSPS) is 11.5. The van der Waals surface area contributed by atoms with Crippen molar-refractivity contribution in [3.8, 4) is 11.5 Å². The van der Waals surface area contributed by atoms with E-state index in [9.17, 15) is 0 Å². The van der Waals surface area contributed by atoms with Crippen molar-refractivity contribution in [1.29, 1.82) is 0 Å². The average molecular weight is 292 g/mol. The first-order valence-corrected chi connectivity index (χ1v) is 6.61. The van der Waals surface area contributed by atoms with Gasteiger partial charge in [0.15, 0.2) is 0 Å². The van der Waals surface area contributed by atoms with Gasteiger partial charge in [0.2, 0.25) is 0 Å². The molecule has 1 aromatic rings. The molecule has 0 bridgehead atoms. The van der Waals surface area contributed by atoms with Crippen molar-refractivity contribution < 1.29 is 9.47 Å². The molecule has 0 aromatic heterocycles. The molecule has 1 rings (SSSR count). The Morgan fingerprint density at radius 2 is 1.72 bits per heavy atom. The second kappa shape index (κ2) is 10.4. The van der Waals surface area contributed by atoms with Crippen LogP contribution in [0.1, 0.15) is 19.8 Å². The lowest BCUT2D eigenvalue weighted by molar-refractivity contribution is 0.301. The highest BCUT2D eigenvalue weighted by molar-refractivity contribution is 7.80. The van der Waals surface area contributed by atoms with Crippen LogP contribution in [0.15, 0.2) is 24.3 Å². The summed E-state index contributed by atoms with van der Waals surface area (Å²) in [6, 6.07) is 7.84. The van der Waals surface area contributed by atoms with Gasteiger partial charge in [0.1, 0.15) is 11.5 Å². The van der Waals surface area contributed by atoms with Crippen molar-refractivity contribution in [2.24, 2.45) is 5.73 Å². The first-order valence-electron chi connectivity index (χ1n) is 5.98. The minimum Gasteiger partial charge on any atom is -0.494 e. The molecule has 104 valence electrons. The summed E-state index contributed by atoms with van der Waals surface area (Å²) in [5.74, 6) is 2.47. The second-order valence-electron chi connectivity index (χ2n) is 3.84. The van der Waals surface area contributed by atoms with Crippen LogP contribution in [-0.4, -0.2) is 25.0 Å². The minimum absolute atomic E-state index is 0. The molecule has 0 fully saturated rings. The maximum absolute atomic E-state index is 5.76. The van der Waals surface area contributed by atoms with Crippen molar-refractivity contribution in [3.05, 3.63) is 24.3 Å². The zero-order valence-electron chi connectivity index (χ0n) is 10.7. The fourth-order valence-corrected chi connectivity index (χ4v) is 1.61. The molecule has 0 aliphatic rings. The van der Waals surface area contributed by atoms with Gasteiger partial charge in [-0.05, 0) is 44.0 Å². The van der Waals surface area contributed by atoms with Crippen molar-refractivity contribution >= 4 is 25.0 Å². The van der Waals surface area contributed by atoms with Crippen LogP contribution in [0, 0.1) is 0 Å². The quantitative estimate of drug-likeness (QED) is 0.572. The third-order valence-electron chi connectivity index (χ3n) is 2.36. The Morgan fingerprint density at radius 1 is 1.17 bits per heavy atom. The fourth-order valence-electron chi connectivity index (χ4n) is 1.43. The lowest BCUT2D eigenvalue weighted by atomic mass is 10.2. The lowest BCUT2D eigenvalue weighted by Crippen LogP contribution is -2.22. The van der Waals surface area contributed by atoms with Crippen LogP contribution in [0.4, 0.5) is 0 Å². The highest BCUT2D eigenvalue weighted by Gasteiger charge is 2.00. The van der Waals surface area contributed by atoms with E-state index in [4.69, 9.17) is 15.2 Å². The van der Waals surface area contributed by atoms with Crippen molar-refractivity contribution in [3.63, 3.8) is 0 Å². The Balaban J connectivity index is 0.00000289. The summed E-state index contributed by atoms with van der Waals surface area (Å²) in [6.45, 7) is 3.34. The molecule has 0 unspecified atom stereocenters. The number of halogens is 1. The molecule has 5 heteroatoms. The number of benzene rings is 1. The summed E-state index contributed by atoms with van der Waals surface area (Å²) < 4.78 is 10.9.